The minimum atomic E-state index is -4.41. The number of rotatable bonds is 2. The van der Waals surface area contributed by atoms with E-state index < -0.39 is 30.1 Å². The molecule has 1 aromatic carbocycles. The van der Waals surface area contributed by atoms with Gasteiger partial charge in [-0.25, -0.2) is 4.68 Å². The summed E-state index contributed by atoms with van der Waals surface area (Å²) in [5, 5.41) is 4.14. The van der Waals surface area contributed by atoms with E-state index in [2.05, 4.69) is 5.10 Å². The normalized spacial score (nSPS) is 19.7. The van der Waals surface area contributed by atoms with Crippen LogP contribution in [0.5, 0.6) is 0 Å². The van der Waals surface area contributed by atoms with Gasteiger partial charge in [0.05, 0.1) is 28.0 Å². The maximum atomic E-state index is 12.9. The molecular formula is C16H18BF3N2O2. The van der Waals surface area contributed by atoms with Crippen molar-refractivity contribution in [2.75, 3.05) is 0 Å². The summed E-state index contributed by atoms with van der Waals surface area (Å²) >= 11 is 0. The first-order valence-corrected chi connectivity index (χ1v) is 7.58. The van der Waals surface area contributed by atoms with Crippen LogP contribution < -0.4 is 5.59 Å². The van der Waals surface area contributed by atoms with Crippen molar-refractivity contribution >= 4 is 12.7 Å². The van der Waals surface area contributed by atoms with Gasteiger partial charge < -0.3 is 9.31 Å². The van der Waals surface area contributed by atoms with Gasteiger partial charge in [0.25, 0.3) is 0 Å². The van der Waals surface area contributed by atoms with E-state index in [0.29, 0.717) is 11.3 Å². The summed E-state index contributed by atoms with van der Waals surface area (Å²) in [7, 11) is -0.702. The van der Waals surface area contributed by atoms with Crippen molar-refractivity contribution < 1.29 is 22.5 Å². The first kappa shape index (κ1) is 17.0. The fourth-order valence-corrected chi connectivity index (χ4v) is 2.49. The number of benzene rings is 1. The van der Waals surface area contributed by atoms with Gasteiger partial charge in [0.15, 0.2) is 0 Å². The zero-order valence-electron chi connectivity index (χ0n) is 13.9. The summed E-state index contributed by atoms with van der Waals surface area (Å²) in [6.45, 7) is 7.66. The van der Waals surface area contributed by atoms with Crippen molar-refractivity contribution in [2.45, 2.75) is 45.1 Å². The lowest BCUT2D eigenvalue weighted by molar-refractivity contribution is -0.137. The predicted molar refractivity (Wildman–Crippen MR) is 84.3 cm³/mol. The standard InChI is InChI=1S/C16H18BF3N2O2/c1-14(2)15(3,4)24-17(23-14)13-8-9-21-22(13)12-7-5-6-11(10-12)16(18,19)20/h5-10H,1-4H3. The molecular weight excluding hydrogens is 320 g/mol. The monoisotopic (exact) mass is 338 g/mol. The minimum absolute atomic E-state index is 0.305. The van der Waals surface area contributed by atoms with Crippen LogP contribution in [0.4, 0.5) is 13.2 Å². The highest BCUT2D eigenvalue weighted by Gasteiger charge is 2.52. The summed E-state index contributed by atoms with van der Waals surface area (Å²) < 4.78 is 52.1. The van der Waals surface area contributed by atoms with Gasteiger partial charge >= 0.3 is 13.3 Å². The van der Waals surface area contributed by atoms with Crippen molar-refractivity contribution in [1.29, 1.82) is 0 Å². The van der Waals surface area contributed by atoms with E-state index in [1.807, 2.05) is 27.7 Å². The Morgan fingerprint density at radius 1 is 1.04 bits per heavy atom. The fraction of sp³-hybridized carbons (Fsp3) is 0.438. The molecule has 2 heterocycles. The predicted octanol–water partition coefficient (Wildman–Crippen LogP) is 3.19. The average molecular weight is 338 g/mol. The van der Waals surface area contributed by atoms with Crippen LogP contribution in [0.15, 0.2) is 36.5 Å². The highest BCUT2D eigenvalue weighted by molar-refractivity contribution is 6.61. The quantitative estimate of drug-likeness (QED) is 0.789. The van der Waals surface area contributed by atoms with Gasteiger partial charge in [0.2, 0.25) is 0 Å². The number of hydrogen-bond donors (Lipinski definition) is 0. The lowest BCUT2D eigenvalue weighted by Crippen LogP contribution is -2.41. The third-order valence-corrected chi connectivity index (χ3v) is 4.58. The Bertz CT molecular complexity index is 740. The molecule has 1 fully saturated rings. The van der Waals surface area contributed by atoms with Gasteiger partial charge in [-0.1, -0.05) is 6.07 Å². The molecule has 1 aliphatic rings. The molecule has 3 rings (SSSR count). The fourth-order valence-electron chi connectivity index (χ4n) is 2.49. The van der Waals surface area contributed by atoms with E-state index in [4.69, 9.17) is 9.31 Å². The van der Waals surface area contributed by atoms with Gasteiger partial charge in [0, 0.05) is 6.20 Å². The zero-order chi connectivity index (χ0) is 17.8. The number of aromatic nitrogens is 2. The third kappa shape index (κ3) is 2.84. The van der Waals surface area contributed by atoms with E-state index >= 15 is 0 Å². The molecule has 0 bridgehead atoms. The van der Waals surface area contributed by atoms with Gasteiger partial charge in [0.1, 0.15) is 0 Å². The van der Waals surface area contributed by atoms with Gasteiger partial charge in [-0.3, -0.25) is 0 Å². The topological polar surface area (TPSA) is 36.3 Å². The van der Waals surface area contributed by atoms with Crippen LogP contribution in [-0.4, -0.2) is 28.1 Å². The summed E-state index contributed by atoms with van der Waals surface area (Å²) in [4.78, 5) is 0. The molecule has 0 amide bonds. The number of hydrogen-bond acceptors (Lipinski definition) is 3. The van der Waals surface area contributed by atoms with Crippen LogP contribution in [0.3, 0.4) is 0 Å². The summed E-state index contributed by atoms with van der Waals surface area (Å²) in [6.07, 6.45) is -2.89. The summed E-state index contributed by atoms with van der Waals surface area (Å²) in [5.41, 5.74) is -0.955. The maximum Gasteiger partial charge on any atom is 0.514 e. The maximum absolute atomic E-state index is 12.9. The molecule has 0 atom stereocenters. The third-order valence-electron chi connectivity index (χ3n) is 4.58. The molecule has 0 radical (unpaired) electrons. The average Bonchev–Trinajstić information content (AvgIpc) is 3.01. The van der Waals surface area contributed by atoms with Crippen LogP contribution >= 0.6 is 0 Å². The molecule has 0 aliphatic carbocycles. The second kappa shape index (κ2) is 5.36. The Labute approximate surface area is 138 Å². The smallest absolute Gasteiger partial charge is 0.398 e. The molecule has 0 N–H and O–H groups in total. The highest BCUT2D eigenvalue weighted by Crippen LogP contribution is 2.36. The number of nitrogens with zero attached hydrogens (tertiary/aromatic N) is 2. The molecule has 8 heteroatoms. The van der Waals surface area contributed by atoms with Crippen LogP contribution in [0.2, 0.25) is 0 Å². The molecule has 0 unspecified atom stereocenters. The molecule has 1 aromatic heterocycles. The van der Waals surface area contributed by atoms with E-state index in [0.717, 1.165) is 12.1 Å². The SMILES string of the molecule is CC1(C)OB(c2ccnn2-c2cccc(C(F)(F)F)c2)OC1(C)C. The Morgan fingerprint density at radius 2 is 1.67 bits per heavy atom. The second-order valence-corrected chi connectivity index (χ2v) is 6.80. The number of halogens is 3. The highest BCUT2D eigenvalue weighted by atomic mass is 19.4. The van der Waals surface area contributed by atoms with Crippen LogP contribution in [-0.2, 0) is 15.5 Å². The Hall–Kier alpha value is -1.80. The summed E-state index contributed by atoms with van der Waals surface area (Å²) in [5.74, 6) is 0. The van der Waals surface area contributed by atoms with Crippen LogP contribution in [0, 0.1) is 0 Å². The molecule has 0 saturated carbocycles. The van der Waals surface area contributed by atoms with Crippen molar-refractivity contribution in [1.82, 2.24) is 9.78 Å². The first-order chi connectivity index (χ1) is 11.0. The minimum Gasteiger partial charge on any atom is -0.398 e. The van der Waals surface area contributed by atoms with Crippen molar-refractivity contribution in [3.8, 4) is 5.69 Å². The van der Waals surface area contributed by atoms with Crippen molar-refractivity contribution in [2.24, 2.45) is 0 Å². The lowest BCUT2D eigenvalue weighted by Gasteiger charge is -2.32. The van der Waals surface area contributed by atoms with Crippen LogP contribution in [0.25, 0.3) is 5.69 Å². The Kier molecular flexibility index (Phi) is 3.80. The lowest BCUT2D eigenvalue weighted by atomic mass is 9.84. The molecule has 128 valence electrons. The number of alkyl halides is 3. The first-order valence-electron chi connectivity index (χ1n) is 7.58. The van der Waals surface area contributed by atoms with Gasteiger partial charge in [-0.05, 0) is 52.0 Å². The Balaban J connectivity index is 1.98. The van der Waals surface area contributed by atoms with Crippen LogP contribution in [0.1, 0.15) is 33.3 Å². The summed E-state index contributed by atoms with van der Waals surface area (Å²) in [6, 6.07) is 6.69. The van der Waals surface area contributed by atoms with E-state index in [-0.39, 0.29) is 0 Å². The second-order valence-electron chi connectivity index (χ2n) is 6.80. The molecule has 2 aromatic rings. The molecule has 1 aliphatic heterocycles. The molecule has 1 saturated heterocycles. The largest absolute Gasteiger partial charge is 0.514 e. The van der Waals surface area contributed by atoms with E-state index in [9.17, 15) is 13.2 Å². The zero-order valence-corrected chi connectivity index (χ0v) is 13.9. The molecule has 0 spiro atoms. The molecule has 24 heavy (non-hydrogen) atoms. The van der Waals surface area contributed by atoms with Crippen molar-refractivity contribution in [3.63, 3.8) is 0 Å². The van der Waals surface area contributed by atoms with E-state index in [1.54, 1.807) is 12.1 Å². The van der Waals surface area contributed by atoms with Gasteiger partial charge in [-0.15, -0.1) is 0 Å². The molecule has 4 nitrogen and oxygen atoms in total. The van der Waals surface area contributed by atoms with Crippen molar-refractivity contribution in [3.05, 3.63) is 42.1 Å². The van der Waals surface area contributed by atoms with Gasteiger partial charge in [-0.2, -0.15) is 18.3 Å². The van der Waals surface area contributed by atoms with E-state index in [1.165, 1.54) is 16.9 Å². The Morgan fingerprint density at radius 3 is 2.25 bits per heavy atom.